The topological polar surface area (TPSA) is 68.8 Å². The molecule has 2 rings (SSSR count). The van der Waals surface area contributed by atoms with Crippen LogP contribution in [0.5, 0.6) is 5.75 Å². The van der Waals surface area contributed by atoms with Gasteiger partial charge >= 0.3 is 5.97 Å². The monoisotopic (exact) mass is 506 g/mol. The molecular weight excluding hydrogens is 464 g/mol. The van der Waals surface area contributed by atoms with Gasteiger partial charge < -0.3 is 24.8 Å². The number of nitrogens with one attached hydrogen (secondary N) is 2. The van der Waals surface area contributed by atoms with Crippen LogP contribution in [0.1, 0.15) is 43.9 Å². The molecule has 37 heavy (non-hydrogen) atoms. The van der Waals surface area contributed by atoms with Gasteiger partial charge in [0.1, 0.15) is 17.5 Å². The summed E-state index contributed by atoms with van der Waals surface area (Å²) in [5, 5.41) is 6.60. The quantitative estimate of drug-likeness (QED) is 0.224. The van der Waals surface area contributed by atoms with Gasteiger partial charge in [-0.2, -0.15) is 0 Å². The molecule has 0 saturated carbocycles. The van der Waals surface area contributed by atoms with Gasteiger partial charge in [-0.3, -0.25) is 4.79 Å². The molecule has 2 N–H and O–H groups in total. The Balaban J connectivity index is 0.000000836. The third-order valence-electron chi connectivity index (χ3n) is 5.27. The van der Waals surface area contributed by atoms with E-state index in [1.54, 1.807) is 7.11 Å². The highest BCUT2D eigenvalue weighted by Crippen LogP contribution is 2.22. The third kappa shape index (κ3) is 12.2. The minimum atomic E-state index is -0.579. The molecule has 0 aliphatic carbocycles. The van der Waals surface area contributed by atoms with Crippen LogP contribution in [-0.2, 0) is 27.4 Å². The van der Waals surface area contributed by atoms with Gasteiger partial charge in [0.05, 0.1) is 19.8 Å². The largest absolute Gasteiger partial charge is 0.491 e. The summed E-state index contributed by atoms with van der Waals surface area (Å²) in [4.78, 5) is 11.6. The number of aryl methyl sites for hydroxylation is 1. The molecule has 0 bridgehead atoms. The highest BCUT2D eigenvalue weighted by Gasteiger charge is 2.14. The molecule has 0 aliphatic heterocycles. The summed E-state index contributed by atoms with van der Waals surface area (Å²) >= 11 is 0. The second kappa shape index (κ2) is 17.7. The Hall–Kier alpha value is -3.69. The number of hydrogen-bond acceptors (Lipinski definition) is 6. The van der Waals surface area contributed by atoms with Crippen LogP contribution < -0.4 is 15.4 Å². The van der Waals surface area contributed by atoms with Crippen LogP contribution in [0.3, 0.4) is 0 Å². The lowest BCUT2D eigenvalue weighted by molar-refractivity contribution is -0.143. The molecular formula is C31H42N2O4. The zero-order valence-corrected chi connectivity index (χ0v) is 23.3. The minimum Gasteiger partial charge on any atom is -0.491 e. The van der Waals surface area contributed by atoms with Crippen molar-refractivity contribution in [2.75, 3.05) is 21.3 Å². The van der Waals surface area contributed by atoms with Gasteiger partial charge in [-0.1, -0.05) is 60.0 Å². The van der Waals surface area contributed by atoms with Crippen LogP contribution in [0.2, 0.25) is 0 Å². The predicted molar refractivity (Wildman–Crippen MR) is 151 cm³/mol. The Morgan fingerprint density at radius 3 is 2.35 bits per heavy atom. The fourth-order valence-electron chi connectivity index (χ4n) is 3.38. The maximum atomic E-state index is 11.6. The number of hydrogen-bond donors (Lipinski definition) is 2. The van der Waals surface area contributed by atoms with E-state index in [-0.39, 0.29) is 6.10 Å². The summed E-state index contributed by atoms with van der Waals surface area (Å²) in [5.74, 6) is 3.19. The lowest BCUT2D eigenvalue weighted by Gasteiger charge is -2.18. The number of benzene rings is 2. The van der Waals surface area contributed by atoms with E-state index in [0.29, 0.717) is 19.6 Å². The standard InChI is InChI=1S/C24H34N2O4.C7H8/c1-8-20(24(27)29-7)11-9-10-18(4)23(25-5)26-15-21-14-19(16-28-6)12-13-22(21)30-17(2)3;1-7-5-3-2-4-6-7/h1,9-10,12-14,17,20,25-26H,11,15-16H2,2-7H3;2-6H,1H3/b10-9?,23-18+;. The zero-order chi connectivity index (χ0) is 27.6. The van der Waals surface area contributed by atoms with Crippen LogP contribution in [-0.4, -0.2) is 33.3 Å². The van der Waals surface area contributed by atoms with Crippen LogP contribution >= 0.6 is 0 Å². The van der Waals surface area contributed by atoms with E-state index in [1.165, 1.54) is 12.7 Å². The zero-order valence-electron chi connectivity index (χ0n) is 23.3. The second-order valence-electron chi connectivity index (χ2n) is 8.74. The minimum absolute atomic E-state index is 0.0833. The molecule has 0 heterocycles. The molecule has 2 aromatic carbocycles. The predicted octanol–water partition coefficient (Wildman–Crippen LogP) is 5.52. The number of ether oxygens (including phenoxy) is 3. The van der Waals surface area contributed by atoms with Gasteiger partial charge in [0, 0.05) is 26.3 Å². The molecule has 0 spiro atoms. The Kier molecular flexibility index (Phi) is 15.0. The van der Waals surface area contributed by atoms with Crippen LogP contribution in [0.15, 0.2) is 72.1 Å². The number of methoxy groups -OCH3 is 2. The van der Waals surface area contributed by atoms with Crippen molar-refractivity contribution in [1.82, 2.24) is 10.6 Å². The molecule has 0 aliphatic rings. The summed E-state index contributed by atoms with van der Waals surface area (Å²) in [5.41, 5.74) is 4.43. The van der Waals surface area contributed by atoms with E-state index in [9.17, 15) is 4.79 Å². The molecule has 0 amide bonds. The first-order valence-electron chi connectivity index (χ1n) is 12.4. The first kappa shape index (κ1) is 31.3. The van der Waals surface area contributed by atoms with Crippen molar-refractivity contribution in [2.24, 2.45) is 5.92 Å². The number of rotatable bonds is 12. The van der Waals surface area contributed by atoms with Gasteiger partial charge in [-0.25, -0.2) is 0 Å². The van der Waals surface area contributed by atoms with Crippen LogP contribution in [0.25, 0.3) is 0 Å². The van der Waals surface area contributed by atoms with Gasteiger partial charge in [0.2, 0.25) is 0 Å². The SMILES string of the molecule is C#CC(CC=C/C(C)=C(\NC)NCc1cc(COC)ccc1OC(C)C)C(=O)OC.Cc1ccccc1. The van der Waals surface area contributed by atoms with E-state index in [0.717, 1.165) is 28.3 Å². The van der Waals surface area contributed by atoms with Crippen LogP contribution in [0.4, 0.5) is 0 Å². The van der Waals surface area contributed by atoms with Gasteiger partial charge in [0.25, 0.3) is 0 Å². The van der Waals surface area contributed by atoms with Crippen LogP contribution in [0, 0.1) is 25.2 Å². The summed E-state index contributed by atoms with van der Waals surface area (Å²) in [7, 11) is 4.87. The summed E-state index contributed by atoms with van der Waals surface area (Å²) < 4.78 is 15.9. The van der Waals surface area contributed by atoms with Crippen molar-refractivity contribution in [1.29, 1.82) is 0 Å². The highest BCUT2D eigenvalue weighted by atomic mass is 16.5. The lowest BCUT2D eigenvalue weighted by Crippen LogP contribution is -2.25. The van der Waals surface area contributed by atoms with E-state index < -0.39 is 11.9 Å². The van der Waals surface area contributed by atoms with Crippen molar-refractivity contribution in [3.63, 3.8) is 0 Å². The second-order valence-corrected chi connectivity index (χ2v) is 8.74. The Bertz CT molecular complexity index is 1050. The molecule has 0 saturated heterocycles. The molecule has 6 heteroatoms. The molecule has 0 fully saturated rings. The number of carbonyl (C=O) groups excluding carboxylic acids is 1. The Morgan fingerprint density at radius 1 is 1.14 bits per heavy atom. The van der Waals surface area contributed by atoms with E-state index in [1.807, 2.05) is 70.3 Å². The number of allylic oxidation sites excluding steroid dienone is 3. The van der Waals surface area contributed by atoms with Crippen molar-refractivity contribution >= 4 is 5.97 Å². The fourth-order valence-corrected chi connectivity index (χ4v) is 3.38. The molecule has 1 unspecified atom stereocenters. The van der Waals surface area contributed by atoms with Gasteiger partial charge in [-0.05, 0) is 57.4 Å². The third-order valence-corrected chi connectivity index (χ3v) is 5.27. The first-order valence-corrected chi connectivity index (χ1v) is 12.4. The Morgan fingerprint density at radius 2 is 1.84 bits per heavy atom. The molecule has 6 nitrogen and oxygen atoms in total. The van der Waals surface area contributed by atoms with Crippen molar-refractivity contribution in [3.8, 4) is 18.1 Å². The van der Waals surface area contributed by atoms with Crippen molar-refractivity contribution < 1.29 is 19.0 Å². The number of esters is 1. The molecule has 0 aromatic heterocycles. The van der Waals surface area contributed by atoms with E-state index >= 15 is 0 Å². The van der Waals surface area contributed by atoms with Crippen molar-refractivity contribution in [3.05, 3.63) is 88.8 Å². The lowest BCUT2D eigenvalue weighted by atomic mass is 10.1. The maximum absolute atomic E-state index is 11.6. The van der Waals surface area contributed by atoms with Crippen molar-refractivity contribution in [2.45, 2.75) is 53.4 Å². The fraction of sp³-hybridized carbons (Fsp3) is 0.387. The van der Waals surface area contributed by atoms with E-state index in [2.05, 4.69) is 41.7 Å². The number of terminal acetylenes is 1. The normalized spacial score (nSPS) is 12.1. The average Bonchev–Trinajstić information content (AvgIpc) is 2.88. The number of carbonyl (C=O) groups is 1. The summed E-state index contributed by atoms with van der Waals surface area (Å²) in [6.07, 6.45) is 9.71. The molecule has 2 aromatic rings. The Labute approximate surface area is 223 Å². The maximum Gasteiger partial charge on any atom is 0.321 e. The highest BCUT2D eigenvalue weighted by molar-refractivity contribution is 5.75. The summed E-state index contributed by atoms with van der Waals surface area (Å²) in [6, 6.07) is 16.3. The molecule has 0 radical (unpaired) electrons. The first-order chi connectivity index (χ1) is 17.7. The average molecular weight is 507 g/mol. The summed E-state index contributed by atoms with van der Waals surface area (Å²) in [6.45, 7) is 9.20. The molecule has 200 valence electrons. The molecule has 1 atom stereocenters. The van der Waals surface area contributed by atoms with E-state index in [4.69, 9.17) is 20.6 Å². The smallest absolute Gasteiger partial charge is 0.321 e. The van der Waals surface area contributed by atoms with Gasteiger partial charge in [0.15, 0.2) is 0 Å². The van der Waals surface area contributed by atoms with Gasteiger partial charge in [-0.15, -0.1) is 6.42 Å².